The lowest BCUT2D eigenvalue weighted by molar-refractivity contribution is -0.275. The Labute approximate surface area is 110 Å². The molecule has 0 radical (unpaired) electrons. The lowest BCUT2D eigenvalue weighted by Gasteiger charge is -2.10. The van der Waals surface area contributed by atoms with E-state index in [1.165, 1.54) is 0 Å². The third kappa shape index (κ3) is 3.33. The SMILES string of the molecule is N#Cc1c(I)ncc(OC(F)(F)F)c1I. The van der Waals surface area contributed by atoms with E-state index >= 15 is 0 Å². The van der Waals surface area contributed by atoms with Gasteiger partial charge in [0.15, 0.2) is 5.75 Å². The van der Waals surface area contributed by atoms with Gasteiger partial charge < -0.3 is 4.74 Å². The Bertz CT molecular complexity index is 427. The number of hydrogen-bond acceptors (Lipinski definition) is 3. The standard InChI is InChI=1S/C7HF3I2N2O/c8-7(9,10)15-4-2-14-6(12)3(1-13)5(4)11/h2H. The smallest absolute Gasteiger partial charge is 0.403 e. The summed E-state index contributed by atoms with van der Waals surface area (Å²) in [5.74, 6) is -0.458. The Morgan fingerprint density at radius 3 is 2.47 bits per heavy atom. The molecule has 0 unspecified atom stereocenters. The van der Waals surface area contributed by atoms with Crippen LogP contribution in [0.25, 0.3) is 0 Å². The Hall–Kier alpha value is -0.310. The van der Waals surface area contributed by atoms with E-state index in [1.807, 2.05) is 0 Å². The van der Waals surface area contributed by atoms with Gasteiger partial charge in [0.2, 0.25) is 0 Å². The van der Waals surface area contributed by atoms with Gasteiger partial charge in [0.25, 0.3) is 0 Å². The number of pyridine rings is 1. The van der Waals surface area contributed by atoms with Crippen LogP contribution in [-0.4, -0.2) is 11.3 Å². The Morgan fingerprint density at radius 1 is 1.40 bits per heavy atom. The van der Waals surface area contributed by atoms with E-state index in [0.29, 0.717) is 3.70 Å². The highest BCUT2D eigenvalue weighted by Crippen LogP contribution is 2.30. The van der Waals surface area contributed by atoms with Crippen LogP contribution >= 0.6 is 45.2 Å². The van der Waals surface area contributed by atoms with Crippen molar-refractivity contribution in [2.75, 3.05) is 0 Å². The third-order valence-electron chi connectivity index (χ3n) is 1.27. The molecule has 80 valence electrons. The molecular formula is C7HF3I2N2O. The van der Waals surface area contributed by atoms with Crippen molar-refractivity contribution >= 4 is 45.2 Å². The summed E-state index contributed by atoms with van der Waals surface area (Å²) >= 11 is 3.38. The molecule has 0 saturated carbocycles. The first-order valence-electron chi connectivity index (χ1n) is 3.35. The summed E-state index contributed by atoms with van der Waals surface area (Å²) in [5.41, 5.74) is 0.0814. The van der Waals surface area contributed by atoms with Crippen molar-refractivity contribution in [3.63, 3.8) is 0 Å². The maximum absolute atomic E-state index is 11.9. The van der Waals surface area contributed by atoms with Crippen LogP contribution in [0, 0.1) is 18.6 Å². The first kappa shape index (κ1) is 12.8. The number of hydrogen-bond donors (Lipinski definition) is 0. The average molecular weight is 440 g/mol. The number of alkyl halides is 3. The fraction of sp³-hybridized carbons (Fsp3) is 0.143. The molecule has 0 spiro atoms. The molecule has 0 amide bonds. The number of ether oxygens (including phenoxy) is 1. The number of rotatable bonds is 1. The Morgan fingerprint density at radius 2 is 2.00 bits per heavy atom. The van der Waals surface area contributed by atoms with Gasteiger partial charge in [0, 0.05) is 0 Å². The van der Waals surface area contributed by atoms with E-state index in [1.54, 1.807) is 51.3 Å². The van der Waals surface area contributed by atoms with Crippen molar-refractivity contribution in [1.29, 1.82) is 5.26 Å². The first-order chi connectivity index (χ1) is 6.85. The average Bonchev–Trinajstić information content (AvgIpc) is 2.09. The van der Waals surface area contributed by atoms with E-state index < -0.39 is 12.1 Å². The molecule has 1 aromatic heterocycles. The highest BCUT2D eigenvalue weighted by atomic mass is 127. The minimum Gasteiger partial charge on any atom is -0.403 e. The second-order valence-corrected chi connectivity index (χ2v) is 4.36. The van der Waals surface area contributed by atoms with Gasteiger partial charge in [0.1, 0.15) is 15.3 Å². The van der Waals surface area contributed by atoms with Crippen LogP contribution < -0.4 is 4.74 Å². The van der Waals surface area contributed by atoms with Crippen molar-refractivity contribution in [2.45, 2.75) is 6.36 Å². The van der Waals surface area contributed by atoms with E-state index in [9.17, 15) is 13.2 Å². The molecule has 0 fully saturated rings. The second-order valence-electron chi connectivity index (χ2n) is 2.26. The minimum atomic E-state index is -4.78. The fourth-order valence-electron chi connectivity index (χ4n) is 0.741. The van der Waals surface area contributed by atoms with Crippen molar-refractivity contribution < 1.29 is 17.9 Å². The maximum atomic E-state index is 11.9. The second kappa shape index (κ2) is 4.69. The highest BCUT2D eigenvalue weighted by Gasteiger charge is 2.32. The molecule has 3 nitrogen and oxygen atoms in total. The monoisotopic (exact) mass is 440 g/mol. The molecule has 0 bridgehead atoms. The topological polar surface area (TPSA) is 45.9 Å². The largest absolute Gasteiger partial charge is 0.573 e. The van der Waals surface area contributed by atoms with Crippen molar-refractivity contribution in [2.24, 2.45) is 0 Å². The predicted octanol–water partition coefficient (Wildman–Crippen LogP) is 3.06. The summed E-state index contributed by atoms with van der Waals surface area (Å²) in [6.45, 7) is 0. The summed E-state index contributed by atoms with van der Waals surface area (Å²) < 4.78 is 39.9. The summed E-state index contributed by atoms with van der Waals surface area (Å²) in [5, 5.41) is 8.69. The normalized spacial score (nSPS) is 10.9. The molecular weight excluding hydrogens is 439 g/mol. The van der Waals surface area contributed by atoms with Gasteiger partial charge in [-0.25, -0.2) is 4.98 Å². The maximum Gasteiger partial charge on any atom is 0.573 e. The number of halogens is 5. The van der Waals surface area contributed by atoms with Crippen LogP contribution in [0.15, 0.2) is 6.20 Å². The van der Waals surface area contributed by atoms with E-state index in [-0.39, 0.29) is 9.13 Å². The van der Waals surface area contributed by atoms with Gasteiger partial charge >= 0.3 is 6.36 Å². The Balaban J connectivity index is 3.18. The van der Waals surface area contributed by atoms with E-state index in [4.69, 9.17) is 5.26 Å². The number of nitriles is 1. The predicted molar refractivity (Wildman–Crippen MR) is 61.1 cm³/mol. The number of nitrogens with zero attached hydrogens (tertiary/aromatic N) is 2. The zero-order valence-corrected chi connectivity index (χ0v) is 11.1. The zero-order valence-electron chi connectivity index (χ0n) is 6.77. The molecule has 0 aliphatic rings. The molecule has 1 aromatic rings. The quantitative estimate of drug-likeness (QED) is 0.499. The molecule has 0 saturated heterocycles. The molecule has 0 aromatic carbocycles. The summed E-state index contributed by atoms with van der Waals surface area (Å²) in [7, 11) is 0. The molecule has 0 aliphatic heterocycles. The third-order valence-corrected chi connectivity index (χ3v) is 3.16. The molecule has 0 N–H and O–H groups in total. The van der Waals surface area contributed by atoms with E-state index in [0.717, 1.165) is 6.20 Å². The van der Waals surface area contributed by atoms with Crippen LogP contribution in [0.5, 0.6) is 5.75 Å². The Kier molecular flexibility index (Phi) is 3.99. The molecule has 0 atom stereocenters. The fourth-order valence-corrected chi connectivity index (χ4v) is 2.41. The van der Waals surface area contributed by atoms with Gasteiger partial charge in [-0.05, 0) is 45.2 Å². The molecule has 0 aliphatic carbocycles. The van der Waals surface area contributed by atoms with Crippen LogP contribution in [-0.2, 0) is 0 Å². The molecule has 1 rings (SSSR count). The first-order valence-corrected chi connectivity index (χ1v) is 5.50. The summed E-state index contributed by atoms with van der Waals surface area (Å²) in [6, 6.07) is 1.76. The lowest BCUT2D eigenvalue weighted by atomic mass is 10.3. The lowest BCUT2D eigenvalue weighted by Crippen LogP contribution is -2.18. The number of aromatic nitrogens is 1. The molecule has 8 heteroatoms. The van der Waals surface area contributed by atoms with Gasteiger partial charge in [-0.3, -0.25) is 0 Å². The summed E-state index contributed by atoms with van der Waals surface area (Å²) in [4.78, 5) is 3.63. The van der Waals surface area contributed by atoms with Gasteiger partial charge in [-0.2, -0.15) is 5.26 Å². The van der Waals surface area contributed by atoms with Gasteiger partial charge in [0.05, 0.1) is 9.77 Å². The molecule has 15 heavy (non-hydrogen) atoms. The van der Waals surface area contributed by atoms with Crippen molar-refractivity contribution in [3.05, 3.63) is 19.0 Å². The highest BCUT2D eigenvalue weighted by molar-refractivity contribution is 14.1. The van der Waals surface area contributed by atoms with Crippen LogP contribution in [0.4, 0.5) is 13.2 Å². The van der Waals surface area contributed by atoms with Gasteiger partial charge in [-0.15, -0.1) is 13.2 Å². The molecule has 1 heterocycles. The van der Waals surface area contributed by atoms with Crippen LogP contribution in [0.1, 0.15) is 5.56 Å². The van der Waals surface area contributed by atoms with Crippen LogP contribution in [0.3, 0.4) is 0 Å². The minimum absolute atomic E-state index is 0.0814. The summed E-state index contributed by atoms with van der Waals surface area (Å²) in [6.07, 6.45) is -3.83. The zero-order chi connectivity index (χ0) is 11.6. The van der Waals surface area contributed by atoms with Crippen LogP contribution in [0.2, 0.25) is 0 Å². The van der Waals surface area contributed by atoms with E-state index in [2.05, 4.69) is 9.72 Å². The van der Waals surface area contributed by atoms with Crippen molar-refractivity contribution in [1.82, 2.24) is 4.98 Å². The van der Waals surface area contributed by atoms with Gasteiger partial charge in [-0.1, -0.05) is 0 Å². The van der Waals surface area contributed by atoms with Crippen molar-refractivity contribution in [3.8, 4) is 11.8 Å².